The molecule has 74 valence electrons. The summed E-state index contributed by atoms with van der Waals surface area (Å²) in [7, 11) is 0. The first-order chi connectivity index (χ1) is 6.59. The molecule has 0 atom stereocenters. The van der Waals surface area contributed by atoms with Gasteiger partial charge in [0.1, 0.15) is 4.32 Å². The molecule has 0 aromatic carbocycles. The largest absolute Gasteiger partial charge is 0.307 e. The fourth-order valence-corrected chi connectivity index (χ4v) is 2.25. The molecule has 2 nitrogen and oxygen atoms in total. The van der Waals surface area contributed by atoms with Crippen LogP contribution in [0.15, 0.2) is 28.3 Å². The average molecular weight is 243 g/mol. The highest BCUT2D eigenvalue weighted by molar-refractivity contribution is 8.26. The number of hydrogen-bond donors (Lipinski definition) is 1. The summed E-state index contributed by atoms with van der Waals surface area (Å²) in [6.07, 6.45) is 0. The van der Waals surface area contributed by atoms with Crippen molar-refractivity contribution >= 4 is 45.5 Å². The van der Waals surface area contributed by atoms with E-state index in [2.05, 4.69) is 47.9 Å². The zero-order valence-corrected chi connectivity index (χ0v) is 10.0. The highest BCUT2D eigenvalue weighted by Gasteiger charge is 2.18. The van der Waals surface area contributed by atoms with E-state index in [-0.39, 0.29) is 5.91 Å². The van der Waals surface area contributed by atoms with Crippen molar-refractivity contribution in [1.29, 1.82) is 0 Å². The predicted octanol–water partition coefficient (Wildman–Crippen LogP) is 2.70. The molecular weight excluding hydrogens is 234 g/mol. The van der Waals surface area contributed by atoms with E-state index in [1.807, 2.05) is 0 Å². The lowest BCUT2D eigenvalue weighted by Crippen LogP contribution is -2.17. The van der Waals surface area contributed by atoms with Crippen LogP contribution in [0.3, 0.4) is 0 Å². The third-order valence-electron chi connectivity index (χ3n) is 1.35. The second-order valence-corrected chi connectivity index (χ2v) is 5.12. The monoisotopic (exact) mass is 243 g/mol. The van der Waals surface area contributed by atoms with Crippen molar-refractivity contribution in [3.05, 3.63) is 33.9 Å². The first-order valence-electron chi connectivity index (χ1n) is 3.80. The van der Waals surface area contributed by atoms with Crippen LogP contribution in [-0.2, 0) is 4.79 Å². The van der Waals surface area contributed by atoms with Gasteiger partial charge in [0.05, 0.1) is 4.91 Å². The Morgan fingerprint density at radius 2 is 2.29 bits per heavy atom. The molecule has 1 fully saturated rings. The summed E-state index contributed by atoms with van der Waals surface area (Å²) in [6, 6.07) is 2.10. The van der Waals surface area contributed by atoms with Gasteiger partial charge in [0.25, 0.3) is 5.91 Å². The lowest BCUT2D eigenvalue weighted by molar-refractivity contribution is -0.115. The van der Waals surface area contributed by atoms with Gasteiger partial charge >= 0.3 is 0 Å². The summed E-state index contributed by atoms with van der Waals surface area (Å²) in [5.74, 6) is -0.167. The Bertz CT molecular complexity index is 338. The van der Waals surface area contributed by atoms with Crippen molar-refractivity contribution in [3.63, 3.8) is 0 Å². The zero-order chi connectivity index (χ0) is 10.6. The highest BCUT2D eigenvalue weighted by Crippen LogP contribution is 2.20. The van der Waals surface area contributed by atoms with Gasteiger partial charge < -0.3 is 5.32 Å². The van der Waals surface area contributed by atoms with E-state index >= 15 is 0 Å². The van der Waals surface area contributed by atoms with Gasteiger partial charge in [-0.1, -0.05) is 30.6 Å². The molecule has 5 heteroatoms. The van der Waals surface area contributed by atoms with E-state index in [0.29, 0.717) is 9.23 Å². The SMILES string of the molecule is C=C1SC(=S)NC1=O.Cc1ccsc1. The average Bonchev–Trinajstić information content (AvgIpc) is 2.65. The molecule has 14 heavy (non-hydrogen) atoms. The fourth-order valence-electron chi connectivity index (χ4n) is 0.679. The van der Waals surface area contributed by atoms with Crippen molar-refractivity contribution in [1.82, 2.24) is 5.32 Å². The number of aryl methyl sites for hydroxylation is 1. The summed E-state index contributed by atoms with van der Waals surface area (Å²) in [6.45, 7) is 5.54. The molecule has 0 bridgehead atoms. The number of thiophene rings is 1. The number of hydrogen-bond acceptors (Lipinski definition) is 4. The van der Waals surface area contributed by atoms with Crippen LogP contribution in [0.25, 0.3) is 0 Å². The first-order valence-corrected chi connectivity index (χ1v) is 5.97. The number of nitrogens with one attached hydrogen (secondary N) is 1. The zero-order valence-electron chi connectivity index (χ0n) is 7.57. The number of carbonyl (C=O) groups excluding carboxylic acids is 1. The quantitative estimate of drug-likeness (QED) is 0.561. The fraction of sp³-hybridized carbons (Fsp3) is 0.111. The Labute approximate surface area is 96.4 Å². The summed E-state index contributed by atoms with van der Waals surface area (Å²) in [5.41, 5.74) is 1.36. The Morgan fingerprint density at radius 3 is 2.43 bits per heavy atom. The molecule has 0 unspecified atom stereocenters. The third kappa shape index (κ3) is 3.61. The van der Waals surface area contributed by atoms with E-state index < -0.39 is 0 Å². The van der Waals surface area contributed by atoms with Gasteiger partial charge in [-0.2, -0.15) is 11.3 Å². The molecule has 1 aliphatic rings. The normalized spacial score (nSPS) is 14.8. The van der Waals surface area contributed by atoms with Crippen molar-refractivity contribution in [2.75, 3.05) is 0 Å². The molecule has 2 rings (SSSR count). The van der Waals surface area contributed by atoms with E-state index in [0.717, 1.165) is 0 Å². The molecular formula is C9H9NOS3. The van der Waals surface area contributed by atoms with Gasteiger partial charge in [0.15, 0.2) is 0 Å². The van der Waals surface area contributed by atoms with Crippen LogP contribution in [0.5, 0.6) is 0 Å². The maximum atomic E-state index is 10.5. The van der Waals surface area contributed by atoms with Crippen LogP contribution < -0.4 is 5.32 Å². The molecule has 1 aromatic heterocycles. The summed E-state index contributed by atoms with van der Waals surface area (Å²) in [5, 5.41) is 6.63. The van der Waals surface area contributed by atoms with Gasteiger partial charge in [0.2, 0.25) is 0 Å². The second kappa shape index (κ2) is 5.29. The van der Waals surface area contributed by atoms with Crippen LogP contribution in [0, 0.1) is 6.92 Å². The summed E-state index contributed by atoms with van der Waals surface area (Å²) >= 11 is 7.59. The van der Waals surface area contributed by atoms with Crippen LogP contribution in [0.2, 0.25) is 0 Å². The van der Waals surface area contributed by atoms with Gasteiger partial charge in [-0.15, -0.1) is 0 Å². The lowest BCUT2D eigenvalue weighted by atomic mass is 10.4. The van der Waals surface area contributed by atoms with E-state index in [1.54, 1.807) is 11.3 Å². The smallest absolute Gasteiger partial charge is 0.262 e. The molecule has 1 aliphatic heterocycles. The van der Waals surface area contributed by atoms with Crippen molar-refractivity contribution in [3.8, 4) is 0 Å². The molecule has 2 heterocycles. The standard InChI is InChI=1S/C5H6S.C4H3NOS2/c1-5-2-3-6-4-5;1-2-3(6)5-4(7)8-2/h2-4H,1H3;1H2,(H,5,6,7). The lowest BCUT2D eigenvalue weighted by Gasteiger charge is -1.81. The number of carbonyl (C=O) groups is 1. The van der Waals surface area contributed by atoms with Crippen LogP contribution in [-0.4, -0.2) is 10.2 Å². The molecule has 1 N–H and O–H groups in total. The number of rotatable bonds is 0. The van der Waals surface area contributed by atoms with Gasteiger partial charge in [-0.05, 0) is 29.3 Å². The minimum absolute atomic E-state index is 0.167. The Kier molecular flexibility index (Phi) is 4.31. The van der Waals surface area contributed by atoms with E-state index in [4.69, 9.17) is 0 Å². The molecule has 0 aliphatic carbocycles. The second-order valence-electron chi connectivity index (χ2n) is 2.57. The van der Waals surface area contributed by atoms with Crippen molar-refractivity contribution in [2.45, 2.75) is 6.92 Å². The first kappa shape index (κ1) is 11.4. The Hall–Kier alpha value is -0.650. The molecule has 0 saturated carbocycles. The summed E-state index contributed by atoms with van der Waals surface area (Å²) < 4.78 is 0.500. The molecule has 1 amide bonds. The molecule has 1 saturated heterocycles. The maximum absolute atomic E-state index is 10.5. The number of thioether (sulfide) groups is 1. The van der Waals surface area contributed by atoms with Crippen LogP contribution >= 0.6 is 35.3 Å². The number of thiocarbonyl (C=S) groups is 1. The highest BCUT2D eigenvalue weighted by atomic mass is 32.2. The van der Waals surface area contributed by atoms with Crippen LogP contribution in [0.1, 0.15) is 5.56 Å². The summed E-state index contributed by atoms with van der Waals surface area (Å²) in [4.78, 5) is 10.9. The van der Waals surface area contributed by atoms with E-state index in [9.17, 15) is 4.79 Å². The molecule has 0 radical (unpaired) electrons. The Morgan fingerprint density at radius 1 is 1.57 bits per heavy atom. The minimum atomic E-state index is -0.167. The topological polar surface area (TPSA) is 29.1 Å². The van der Waals surface area contributed by atoms with Crippen molar-refractivity contribution < 1.29 is 4.79 Å². The van der Waals surface area contributed by atoms with Crippen molar-refractivity contribution in [2.24, 2.45) is 0 Å². The molecule has 1 aromatic rings. The third-order valence-corrected chi connectivity index (χ3v) is 3.22. The minimum Gasteiger partial charge on any atom is -0.307 e. The predicted molar refractivity (Wildman–Crippen MR) is 66.5 cm³/mol. The Balaban J connectivity index is 0.000000146. The molecule has 0 spiro atoms. The van der Waals surface area contributed by atoms with Crippen LogP contribution in [0.4, 0.5) is 0 Å². The van der Waals surface area contributed by atoms with E-state index in [1.165, 1.54) is 17.3 Å². The van der Waals surface area contributed by atoms with Gasteiger partial charge in [-0.25, -0.2) is 0 Å². The maximum Gasteiger partial charge on any atom is 0.262 e. The number of amides is 1. The van der Waals surface area contributed by atoms with Gasteiger partial charge in [0, 0.05) is 0 Å². The van der Waals surface area contributed by atoms with Gasteiger partial charge in [-0.3, -0.25) is 4.79 Å².